The van der Waals surface area contributed by atoms with Crippen LogP contribution in [0.1, 0.15) is 49.9 Å². The van der Waals surface area contributed by atoms with Crippen LogP contribution >= 0.6 is 0 Å². The summed E-state index contributed by atoms with van der Waals surface area (Å²) in [4.78, 5) is 24.0. The molecule has 4 rings (SSSR count). The minimum Gasteiger partial charge on any atom is -0.388 e. The van der Waals surface area contributed by atoms with Gasteiger partial charge in [0.25, 0.3) is 5.91 Å². The second-order valence-electron chi connectivity index (χ2n) is 9.25. The average Bonchev–Trinajstić information content (AvgIpc) is 3.40. The zero-order valence-corrected chi connectivity index (χ0v) is 19.9. The summed E-state index contributed by atoms with van der Waals surface area (Å²) in [6.07, 6.45) is 3.14. The number of rotatable bonds is 8. The van der Waals surface area contributed by atoms with Crippen LogP contribution < -0.4 is 5.73 Å². The van der Waals surface area contributed by atoms with Crippen LogP contribution in [-0.2, 0) is 13.0 Å². The minimum absolute atomic E-state index is 0.0481. The number of hydrogen-bond donors (Lipinski definition) is 2. The van der Waals surface area contributed by atoms with Gasteiger partial charge in [-0.15, -0.1) is 10.2 Å². The zero-order chi connectivity index (χ0) is 25.5. The number of nitrogen functional groups attached to an aromatic ring is 1. The molecule has 0 aliphatic heterocycles. The van der Waals surface area contributed by atoms with E-state index < -0.39 is 17.2 Å². The lowest BCUT2D eigenvalue weighted by molar-refractivity contribution is 0.0524. The first-order valence-electron chi connectivity index (χ1n) is 11.1. The van der Waals surface area contributed by atoms with Gasteiger partial charge in [-0.3, -0.25) is 4.79 Å². The second kappa shape index (κ2) is 9.13. The van der Waals surface area contributed by atoms with Crippen LogP contribution in [0, 0.1) is 11.6 Å². The van der Waals surface area contributed by atoms with Crippen molar-refractivity contribution in [1.82, 2.24) is 39.5 Å². The van der Waals surface area contributed by atoms with Gasteiger partial charge in [-0.1, -0.05) is 0 Å². The highest BCUT2D eigenvalue weighted by atomic mass is 19.1. The van der Waals surface area contributed by atoms with E-state index in [1.807, 2.05) is 6.92 Å². The topological polar surface area (TPSA) is 140 Å². The SMILES string of the molecule is C[C@@H](CCCc1nc2c3cc(F)cc(F)c3nc(N)n2n1)N(C)C(=O)c1cnn(CC(C)(C)O)n1. The smallest absolute Gasteiger partial charge is 0.276 e. The van der Waals surface area contributed by atoms with Gasteiger partial charge in [0.1, 0.15) is 11.3 Å². The Bertz CT molecular complexity index is 1390. The van der Waals surface area contributed by atoms with E-state index in [-0.39, 0.29) is 46.7 Å². The summed E-state index contributed by atoms with van der Waals surface area (Å²) in [6.45, 7) is 5.35. The lowest BCUT2D eigenvalue weighted by Gasteiger charge is -2.24. The molecule has 35 heavy (non-hydrogen) atoms. The Balaban J connectivity index is 1.41. The molecule has 3 N–H and O–H groups in total. The number of nitrogens with zero attached hydrogens (tertiary/aromatic N) is 8. The van der Waals surface area contributed by atoms with Crippen LogP contribution in [0.15, 0.2) is 18.3 Å². The van der Waals surface area contributed by atoms with E-state index in [9.17, 15) is 18.7 Å². The predicted molar refractivity (Wildman–Crippen MR) is 123 cm³/mol. The molecule has 3 aromatic heterocycles. The van der Waals surface area contributed by atoms with E-state index >= 15 is 0 Å². The van der Waals surface area contributed by atoms with E-state index in [1.54, 1.807) is 25.8 Å². The number of hydrogen-bond acceptors (Lipinski definition) is 8. The van der Waals surface area contributed by atoms with Crippen molar-refractivity contribution in [3.05, 3.63) is 41.5 Å². The number of carbonyl (C=O) groups is 1. The fourth-order valence-electron chi connectivity index (χ4n) is 3.75. The first kappa shape index (κ1) is 24.4. The Kier molecular flexibility index (Phi) is 6.36. The first-order valence-corrected chi connectivity index (χ1v) is 11.1. The van der Waals surface area contributed by atoms with Gasteiger partial charge >= 0.3 is 0 Å². The molecule has 1 aromatic carbocycles. The van der Waals surface area contributed by atoms with Gasteiger partial charge in [-0.05, 0) is 39.7 Å². The zero-order valence-electron chi connectivity index (χ0n) is 19.9. The molecule has 0 saturated carbocycles. The summed E-state index contributed by atoms with van der Waals surface area (Å²) in [5.41, 5.74) is 5.26. The molecule has 13 heteroatoms. The summed E-state index contributed by atoms with van der Waals surface area (Å²) in [6, 6.07) is 1.78. The normalized spacial score (nSPS) is 13.0. The Morgan fingerprint density at radius 2 is 2.00 bits per heavy atom. The highest BCUT2D eigenvalue weighted by molar-refractivity contribution is 5.93. The van der Waals surface area contributed by atoms with Crippen LogP contribution in [0.3, 0.4) is 0 Å². The quantitative estimate of drug-likeness (QED) is 0.384. The maximum absolute atomic E-state index is 14.1. The molecule has 0 bridgehead atoms. The summed E-state index contributed by atoms with van der Waals surface area (Å²) in [5.74, 6) is -1.44. The second-order valence-corrected chi connectivity index (χ2v) is 9.25. The minimum atomic E-state index is -1.00. The third-order valence-electron chi connectivity index (χ3n) is 5.65. The summed E-state index contributed by atoms with van der Waals surface area (Å²) in [7, 11) is 1.69. The van der Waals surface area contributed by atoms with E-state index in [2.05, 4.69) is 25.3 Å². The monoisotopic (exact) mass is 487 g/mol. The van der Waals surface area contributed by atoms with Crippen LogP contribution in [0.5, 0.6) is 0 Å². The Labute approximate surface area is 199 Å². The molecule has 1 amide bonds. The van der Waals surface area contributed by atoms with Crippen LogP contribution in [0.25, 0.3) is 16.6 Å². The predicted octanol–water partition coefficient (Wildman–Crippen LogP) is 1.98. The third kappa shape index (κ3) is 5.19. The van der Waals surface area contributed by atoms with Crippen molar-refractivity contribution in [1.29, 1.82) is 0 Å². The lowest BCUT2D eigenvalue weighted by Crippen LogP contribution is -2.35. The van der Waals surface area contributed by atoms with Gasteiger partial charge in [0.2, 0.25) is 5.95 Å². The Morgan fingerprint density at radius 3 is 2.71 bits per heavy atom. The van der Waals surface area contributed by atoms with Gasteiger partial charge in [0.15, 0.2) is 23.0 Å². The number of amides is 1. The average molecular weight is 488 g/mol. The summed E-state index contributed by atoms with van der Waals surface area (Å²) >= 11 is 0. The molecule has 1 atom stereocenters. The fraction of sp³-hybridized carbons (Fsp3) is 0.455. The van der Waals surface area contributed by atoms with Gasteiger partial charge < -0.3 is 15.7 Å². The molecular formula is C22H27F2N9O2. The Hall–Kier alpha value is -3.74. The van der Waals surface area contributed by atoms with Crippen molar-refractivity contribution >= 4 is 28.4 Å². The highest BCUT2D eigenvalue weighted by Gasteiger charge is 2.22. The molecule has 0 radical (unpaired) electrons. The lowest BCUT2D eigenvalue weighted by atomic mass is 10.1. The molecule has 0 aliphatic carbocycles. The maximum Gasteiger partial charge on any atom is 0.276 e. The number of anilines is 1. The van der Waals surface area contributed by atoms with Crippen molar-refractivity contribution in [3.8, 4) is 0 Å². The van der Waals surface area contributed by atoms with E-state index in [4.69, 9.17) is 5.73 Å². The van der Waals surface area contributed by atoms with E-state index in [0.29, 0.717) is 25.1 Å². The molecule has 11 nitrogen and oxygen atoms in total. The number of halogens is 2. The number of aryl methyl sites for hydroxylation is 1. The van der Waals surface area contributed by atoms with E-state index in [0.717, 1.165) is 12.1 Å². The Morgan fingerprint density at radius 1 is 1.26 bits per heavy atom. The van der Waals surface area contributed by atoms with Crippen LogP contribution in [-0.4, -0.2) is 69.2 Å². The van der Waals surface area contributed by atoms with Gasteiger partial charge in [0.05, 0.1) is 23.7 Å². The summed E-state index contributed by atoms with van der Waals surface area (Å²) in [5, 5.41) is 22.6. The molecule has 0 unspecified atom stereocenters. The van der Waals surface area contributed by atoms with Crippen LogP contribution in [0.2, 0.25) is 0 Å². The van der Waals surface area contributed by atoms with Crippen molar-refractivity contribution in [2.45, 2.75) is 58.2 Å². The maximum atomic E-state index is 14.1. The fourth-order valence-corrected chi connectivity index (χ4v) is 3.75. The van der Waals surface area contributed by atoms with Gasteiger partial charge in [-0.25, -0.2) is 18.7 Å². The van der Waals surface area contributed by atoms with Crippen molar-refractivity contribution in [2.24, 2.45) is 0 Å². The van der Waals surface area contributed by atoms with E-state index in [1.165, 1.54) is 15.5 Å². The standard InChI is InChI=1S/C22H27F2N9O2/c1-12(31(4)20(34)16-10-26-32(29-16)11-22(2,3)35)6-5-7-17-27-19-14-8-13(23)9-15(24)18(14)28-21(25)33(19)30-17/h8-10,12,35H,5-7,11H2,1-4H3,(H2,25,28)/t12-/m0/s1. The molecule has 186 valence electrons. The molecule has 3 heterocycles. The van der Waals surface area contributed by atoms with Crippen LogP contribution in [0.4, 0.5) is 14.7 Å². The van der Waals surface area contributed by atoms with Crippen molar-refractivity contribution in [2.75, 3.05) is 12.8 Å². The van der Waals surface area contributed by atoms with Gasteiger partial charge in [-0.2, -0.15) is 14.4 Å². The molecule has 0 aliphatic rings. The number of aliphatic hydroxyl groups is 1. The highest BCUT2D eigenvalue weighted by Crippen LogP contribution is 2.24. The summed E-state index contributed by atoms with van der Waals surface area (Å²) < 4.78 is 29.1. The molecule has 0 fully saturated rings. The molecular weight excluding hydrogens is 460 g/mol. The molecule has 0 saturated heterocycles. The number of fused-ring (bicyclic) bond motifs is 3. The number of aromatic nitrogens is 7. The van der Waals surface area contributed by atoms with Crippen molar-refractivity contribution < 1.29 is 18.7 Å². The van der Waals surface area contributed by atoms with Crippen molar-refractivity contribution in [3.63, 3.8) is 0 Å². The number of carbonyl (C=O) groups excluding carboxylic acids is 1. The number of benzene rings is 1. The first-order chi connectivity index (χ1) is 16.4. The van der Waals surface area contributed by atoms with Gasteiger partial charge in [0, 0.05) is 25.6 Å². The largest absolute Gasteiger partial charge is 0.388 e. The third-order valence-corrected chi connectivity index (χ3v) is 5.65. The molecule has 4 aromatic rings. The number of nitrogens with two attached hydrogens (primary N) is 1. The molecule has 0 spiro atoms.